The molecule has 3 unspecified atom stereocenters. The van der Waals surface area contributed by atoms with E-state index in [2.05, 4.69) is 15.6 Å². The van der Waals surface area contributed by atoms with E-state index in [0.29, 0.717) is 24.8 Å². The zero-order valence-electron chi connectivity index (χ0n) is 14.6. The largest absolute Gasteiger partial charge is 0.373 e. The van der Waals surface area contributed by atoms with Gasteiger partial charge in [0.25, 0.3) is 0 Å². The lowest BCUT2D eigenvalue weighted by Crippen LogP contribution is -2.47. The number of benzene rings is 1. The number of hydrogen-bond donors (Lipinski definition) is 2. The van der Waals surface area contributed by atoms with Crippen LogP contribution in [0.15, 0.2) is 29.3 Å². The van der Waals surface area contributed by atoms with Gasteiger partial charge in [-0.2, -0.15) is 0 Å². The van der Waals surface area contributed by atoms with E-state index in [-0.39, 0.29) is 29.7 Å². The molecule has 2 aliphatic heterocycles. The van der Waals surface area contributed by atoms with Gasteiger partial charge in [0.15, 0.2) is 15.8 Å². The molecule has 140 valence electrons. The molecule has 6 nitrogen and oxygen atoms in total. The van der Waals surface area contributed by atoms with E-state index in [1.807, 2.05) is 24.3 Å². The van der Waals surface area contributed by atoms with Crippen LogP contribution in [0, 0.1) is 0 Å². The molecule has 0 saturated carbocycles. The Morgan fingerprint density at radius 3 is 2.68 bits per heavy atom. The van der Waals surface area contributed by atoms with E-state index in [4.69, 9.17) is 4.74 Å². The van der Waals surface area contributed by atoms with Gasteiger partial charge in [-0.15, -0.1) is 24.0 Å². The van der Waals surface area contributed by atoms with Crippen molar-refractivity contribution in [1.29, 1.82) is 0 Å². The average molecular weight is 479 g/mol. The van der Waals surface area contributed by atoms with Gasteiger partial charge in [0, 0.05) is 19.8 Å². The third-order valence-corrected chi connectivity index (χ3v) is 5.39. The molecule has 2 bridgehead atoms. The van der Waals surface area contributed by atoms with E-state index in [1.165, 1.54) is 12.7 Å². The third kappa shape index (κ3) is 5.82. The summed E-state index contributed by atoms with van der Waals surface area (Å²) < 4.78 is 28.7. The molecule has 1 aromatic carbocycles. The van der Waals surface area contributed by atoms with Gasteiger partial charge in [-0.1, -0.05) is 24.3 Å². The second-order valence-electron chi connectivity index (χ2n) is 6.68. The first-order valence-electron chi connectivity index (χ1n) is 8.31. The average Bonchev–Trinajstić information content (AvgIpc) is 3.12. The smallest absolute Gasteiger partial charge is 0.191 e. The van der Waals surface area contributed by atoms with E-state index < -0.39 is 9.84 Å². The number of halogens is 1. The Morgan fingerprint density at radius 2 is 2.08 bits per heavy atom. The Bertz CT molecular complexity index is 724. The van der Waals surface area contributed by atoms with E-state index in [0.717, 1.165) is 29.9 Å². The topological polar surface area (TPSA) is 79.8 Å². The summed E-state index contributed by atoms with van der Waals surface area (Å²) in [5, 5.41) is 6.73. The van der Waals surface area contributed by atoms with Gasteiger partial charge in [0.2, 0.25) is 0 Å². The molecule has 0 amide bonds. The molecular formula is C17H26IN3O3S. The van der Waals surface area contributed by atoms with Gasteiger partial charge in [0.1, 0.15) is 0 Å². The number of fused-ring (bicyclic) bond motifs is 2. The van der Waals surface area contributed by atoms with Crippen LogP contribution in [0.3, 0.4) is 0 Å². The number of rotatable bonds is 5. The molecule has 0 spiro atoms. The SMILES string of the molecule is CN=C(NCc1cccc(CS(C)(=O)=O)c1)NC1CC2CCC1O2.I. The van der Waals surface area contributed by atoms with Gasteiger partial charge < -0.3 is 15.4 Å². The minimum atomic E-state index is -3.02. The molecule has 1 aromatic rings. The van der Waals surface area contributed by atoms with E-state index in [9.17, 15) is 8.42 Å². The highest BCUT2D eigenvalue weighted by molar-refractivity contribution is 14.0. The summed E-state index contributed by atoms with van der Waals surface area (Å²) in [6, 6.07) is 7.95. The highest BCUT2D eigenvalue weighted by atomic mass is 127. The standard InChI is InChI=1S/C17H25N3O3S.HI/c1-18-17(20-15-9-14-6-7-16(15)23-14)19-10-12-4-3-5-13(8-12)11-24(2,21)22;/h3-5,8,14-16H,6-7,9-11H2,1-2H3,(H2,18,19,20);1H. The lowest BCUT2D eigenvalue weighted by atomic mass is 9.96. The van der Waals surface area contributed by atoms with Gasteiger partial charge in [-0.05, 0) is 30.4 Å². The fraction of sp³-hybridized carbons (Fsp3) is 0.588. The van der Waals surface area contributed by atoms with Crippen molar-refractivity contribution < 1.29 is 13.2 Å². The highest BCUT2D eigenvalue weighted by Gasteiger charge is 2.41. The zero-order valence-corrected chi connectivity index (χ0v) is 17.7. The lowest BCUT2D eigenvalue weighted by Gasteiger charge is -2.22. The van der Waals surface area contributed by atoms with Crippen molar-refractivity contribution in [2.45, 2.75) is 49.8 Å². The van der Waals surface area contributed by atoms with Gasteiger partial charge in [-0.3, -0.25) is 4.99 Å². The van der Waals surface area contributed by atoms with Gasteiger partial charge in [-0.25, -0.2) is 8.42 Å². The summed E-state index contributed by atoms with van der Waals surface area (Å²) in [5.41, 5.74) is 1.84. The molecule has 3 atom stereocenters. The molecule has 0 aromatic heterocycles. The monoisotopic (exact) mass is 479 g/mol. The van der Waals surface area contributed by atoms with Crippen LogP contribution in [0.4, 0.5) is 0 Å². The Morgan fingerprint density at radius 1 is 1.32 bits per heavy atom. The number of guanidine groups is 1. The number of ether oxygens (including phenoxy) is 1. The number of nitrogens with one attached hydrogen (secondary N) is 2. The maximum atomic E-state index is 11.4. The Kier molecular flexibility index (Phi) is 7.10. The van der Waals surface area contributed by atoms with Crippen molar-refractivity contribution >= 4 is 39.8 Å². The van der Waals surface area contributed by atoms with Gasteiger partial charge in [0.05, 0.1) is 24.0 Å². The molecule has 0 radical (unpaired) electrons. The quantitative estimate of drug-likeness (QED) is 0.383. The lowest BCUT2D eigenvalue weighted by molar-refractivity contribution is 0.0992. The normalized spacial score (nSPS) is 25.5. The van der Waals surface area contributed by atoms with Crippen molar-refractivity contribution in [3.05, 3.63) is 35.4 Å². The molecule has 8 heteroatoms. The second-order valence-corrected chi connectivity index (χ2v) is 8.82. The second kappa shape index (κ2) is 8.68. The number of nitrogens with zero attached hydrogens (tertiary/aromatic N) is 1. The number of aliphatic imine (C=N–C) groups is 1. The third-order valence-electron chi connectivity index (χ3n) is 4.53. The van der Waals surface area contributed by atoms with Crippen molar-refractivity contribution in [3.63, 3.8) is 0 Å². The fourth-order valence-electron chi connectivity index (χ4n) is 3.48. The first kappa shape index (κ1) is 20.4. The Labute approximate surface area is 166 Å². The summed E-state index contributed by atoms with van der Waals surface area (Å²) >= 11 is 0. The Hall–Kier alpha value is -0.870. The van der Waals surface area contributed by atoms with Crippen LogP contribution in [-0.2, 0) is 26.9 Å². The fourth-order valence-corrected chi connectivity index (χ4v) is 4.26. The van der Waals surface area contributed by atoms with Crippen LogP contribution in [0.25, 0.3) is 0 Å². The molecule has 2 heterocycles. The van der Waals surface area contributed by atoms with Crippen LogP contribution in [0.2, 0.25) is 0 Å². The van der Waals surface area contributed by atoms with Crippen LogP contribution in [0.1, 0.15) is 30.4 Å². The maximum absolute atomic E-state index is 11.4. The summed E-state index contributed by atoms with van der Waals surface area (Å²) in [5.74, 6) is 0.820. The van der Waals surface area contributed by atoms with Crippen LogP contribution in [0.5, 0.6) is 0 Å². The predicted octanol–water partition coefficient (Wildman–Crippen LogP) is 1.83. The van der Waals surface area contributed by atoms with Crippen LogP contribution in [-0.4, -0.2) is 45.9 Å². The highest BCUT2D eigenvalue weighted by Crippen LogP contribution is 2.34. The van der Waals surface area contributed by atoms with Gasteiger partial charge >= 0.3 is 0 Å². The molecule has 3 rings (SSSR count). The molecule has 2 fully saturated rings. The minimum Gasteiger partial charge on any atom is -0.373 e. The molecule has 2 aliphatic rings. The number of hydrogen-bond acceptors (Lipinski definition) is 4. The molecule has 0 aliphatic carbocycles. The number of sulfone groups is 1. The van der Waals surface area contributed by atoms with E-state index in [1.54, 1.807) is 7.05 Å². The molecule has 2 N–H and O–H groups in total. The Balaban J connectivity index is 0.00000225. The van der Waals surface area contributed by atoms with Crippen LogP contribution >= 0.6 is 24.0 Å². The summed E-state index contributed by atoms with van der Waals surface area (Å²) in [6.45, 7) is 0.596. The first-order chi connectivity index (χ1) is 11.4. The molecular weight excluding hydrogens is 453 g/mol. The maximum Gasteiger partial charge on any atom is 0.191 e. The first-order valence-corrected chi connectivity index (χ1v) is 10.4. The van der Waals surface area contributed by atoms with E-state index >= 15 is 0 Å². The summed E-state index contributed by atoms with van der Waals surface area (Å²) in [6.07, 6.45) is 5.27. The van der Waals surface area contributed by atoms with Crippen molar-refractivity contribution in [3.8, 4) is 0 Å². The summed E-state index contributed by atoms with van der Waals surface area (Å²) in [7, 11) is -1.27. The summed E-state index contributed by atoms with van der Waals surface area (Å²) in [4.78, 5) is 4.28. The molecule has 2 saturated heterocycles. The van der Waals surface area contributed by atoms with Crippen molar-refractivity contribution in [2.75, 3.05) is 13.3 Å². The van der Waals surface area contributed by atoms with Crippen LogP contribution < -0.4 is 10.6 Å². The van der Waals surface area contributed by atoms with Crippen molar-refractivity contribution in [2.24, 2.45) is 4.99 Å². The van der Waals surface area contributed by atoms with Crippen molar-refractivity contribution in [1.82, 2.24) is 10.6 Å². The predicted molar refractivity (Wildman–Crippen MR) is 110 cm³/mol. The minimum absolute atomic E-state index is 0. The molecule has 25 heavy (non-hydrogen) atoms. The zero-order chi connectivity index (χ0) is 17.2.